The van der Waals surface area contributed by atoms with Crippen LogP contribution in [0.2, 0.25) is 0 Å². The fourth-order valence-electron chi connectivity index (χ4n) is 2.86. The van der Waals surface area contributed by atoms with Gasteiger partial charge >= 0.3 is 6.18 Å². The van der Waals surface area contributed by atoms with Crippen molar-refractivity contribution in [3.63, 3.8) is 0 Å². The highest BCUT2D eigenvalue weighted by Crippen LogP contribution is 2.27. The van der Waals surface area contributed by atoms with Gasteiger partial charge in [-0.05, 0) is 36.6 Å². The van der Waals surface area contributed by atoms with Crippen LogP contribution < -0.4 is 5.32 Å². The van der Waals surface area contributed by atoms with Crippen molar-refractivity contribution in [1.82, 2.24) is 14.9 Å². The lowest BCUT2D eigenvalue weighted by Gasteiger charge is -2.17. The standard InChI is InChI=1S/C17H18BrF3N4/c18-13-3-1-12(2-4-13)6-9-25-10-7-14(11-25)23-16-22-8-5-15(24-16)17(19,20)21/h1-5,8,14H,6-7,9-11H2,(H,22,23,24). The van der Waals surface area contributed by atoms with Crippen molar-refractivity contribution in [2.75, 3.05) is 25.0 Å². The van der Waals surface area contributed by atoms with Crippen molar-refractivity contribution in [3.8, 4) is 0 Å². The Hall–Kier alpha value is -1.67. The van der Waals surface area contributed by atoms with Gasteiger partial charge in [-0.1, -0.05) is 28.1 Å². The maximum atomic E-state index is 12.7. The number of likely N-dealkylation sites (tertiary alicyclic amines) is 1. The second kappa shape index (κ2) is 7.70. The third-order valence-electron chi connectivity index (χ3n) is 4.18. The summed E-state index contributed by atoms with van der Waals surface area (Å²) in [6, 6.07) is 9.17. The van der Waals surface area contributed by atoms with Gasteiger partial charge in [0.05, 0.1) is 0 Å². The third kappa shape index (κ3) is 5.15. The lowest BCUT2D eigenvalue weighted by Crippen LogP contribution is -2.28. The molecule has 25 heavy (non-hydrogen) atoms. The Bertz CT molecular complexity index is 706. The van der Waals surface area contributed by atoms with Gasteiger partial charge in [0.25, 0.3) is 0 Å². The lowest BCUT2D eigenvalue weighted by molar-refractivity contribution is -0.141. The normalized spacial score (nSPS) is 18.5. The van der Waals surface area contributed by atoms with E-state index in [9.17, 15) is 13.2 Å². The van der Waals surface area contributed by atoms with E-state index in [4.69, 9.17) is 0 Å². The van der Waals surface area contributed by atoms with Crippen molar-refractivity contribution in [2.45, 2.75) is 25.1 Å². The molecule has 0 saturated carbocycles. The van der Waals surface area contributed by atoms with Crippen LogP contribution in [0.5, 0.6) is 0 Å². The van der Waals surface area contributed by atoms with Crippen LogP contribution in [0.1, 0.15) is 17.7 Å². The fourth-order valence-corrected chi connectivity index (χ4v) is 3.12. The number of hydrogen-bond acceptors (Lipinski definition) is 4. The molecule has 3 rings (SSSR count). The molecule has 4 nitrogen and oxygen atoms in total. The topological polar surface area (TPSA) is 41.1 Å². The molecule has 1 fully saturated rings. The average Bonchev–Trinajstić information content (AvgIpc) is 3.01. The van der Waals surface area contributed by atoms with Crippen molar-refractivity contribution in [1.29, 1.82) is 0 Å². The second-order valence-corrected chi connectivity index (χ2v) is 6.99. The molecule has 1 aromatic carbocycles. The summed E-state index contributed by atoms with van der Waals surface area (Å²) >= 11 is 3.42. The minimum absolute atomic E-state index is 0.0367. The molecule has 0 spiro atoms. The number of hydrogen-bond donors (Lipinski definition) is 1. The highest BCUT2D eigenvalue weighted by molar-refractivity contribution is 9.10. The van der Waals surface area contributed by atoms with Crippen LogP contribution in [-0.2, 0) is 12.6 Å². The number of halogens is 4. The Morgan fingerprint density at radius 2 is 1.96 bits per heavy atom. The van der Waals surface area contributed by atoms with E-state index < -0.39 is 11.9 Å². The van der Waals surface area contributed by atoms with E-state index in [0.717, 1.165) is 49.2 Å². The largest absolute Gasteiger partial charge is 0.433 e. The van der Waals surface area contributed by atoms with E-state index in [1.165, 1.54) is 5.56 Å². The average molecular weight is 415 g/mol. The molecule has 1 unspecified atom stereocenters. The monoisotopic (exact) mass is 414 g/mol. The molecule has 0 aliphatic carbocycles. The summed E-state index contributed by atoms with van der Waals surface area (Å²) in [7, 11) is 0. The second-order valence-electron chi connectivity index (χ2n) is 6.07. The summed E-state index contributed by atoms with van der Waals surface area (Å²) in [5.41, 5.74) is 0.343. The maximum Gasteiger partial charge on any atom is 0.433 e. The summed E-state index contributed by atoms with van der Waals surface area (Å²) in [5, 5.41) is 3.02. The van der Waals surface area contributed by atoms with Crippen molar-refractivity contribution >= 4 is 21.9 Å². The zero-order valence-electron chi connectivity index (χ0n) is 13.4. The van der Waals surface area contributed by atoms with Gasteiger partial charge in [0.15, 0.2) is 0 Å². The highest BCUT2D eigenvalue weighted by Gasteiger charge is 2.33. The summed E-state index contributed by atoms with van der Waals surface area (Å²) in [6.07, 6.45) is -1.51. The minimum atomic E-state index is -4.45. The first-order valence-electron chi connectivity index (χ1n) is 8.04. The fraction of sp³-hybridized carbons (Fsp3) is 0.412. The number of rotatable bonds is 5. The molecule has 1 aliphatic rings. The molecule has 0 amide bonds. The first kappa shape index (κ1) is 18.1. The summed E-state index contributed by atoms with van der Waals surface area (Å²) in [5.74, 6) is 0.0367. The third-order valence-corrected chi connectivity index (χ3v) is 4.71. The zero-order valence-corrected chi connectivity index (χ0v) is 15.0. The number of alkyl halides is 3. The van der Waals surface area contributed by atoms with Gasteiger partial charge in [0.2, 0.25) is 5.95 Å². The molecule has 2 heterocycles. The Labute approximate surface area is 152 Å². The molecule has 134 valence electrons. The molecule has 1 atom stereocenters. The van der Waals surface area contributed by atoms with Crippen LogP contribution >= 0.6 is 15.9 Å². The molecule has 1 saturated heterocycles. The Balaban J connectivity index is 1.50. The lowest BCUT2D eigenvalue weighted by atomic mass is 10.1. The maximum absolute atomic E-state index is 12.7. The molecule has 0 radical (unpaired) electrons. The first-order chi connectivity index (χ1) is 11.9. The number of nitrogens with zero attached hydrogens (tertiary/aromatic N) is 3. The van der Waals surface area contributed by atoms with E-state index in [2.05, 4.69) is 48.2 Å². The van der Waals surface area contributed by atoms with E-state index in [1.54, 1.807) is 0 Å². The molecule has 1 aromatic heterocycles. The molecule has 8 heteroatoms. The molecular formula is C17H18BrF3N4. The van der Waals surface area contributed by atoms with Gasteiger partial charge in [-0.25, -0.2) is 9.97 Å². The number of aromatic nitrogens is 2. The van der Waals surface area contributed by atoms with Crippen molar-refractivity contribution in [3.05, 3.63) is 52.3 Å². The van der Waals surface area contributed by atoms with Crippen LogP contribution in [-0.4, -0.2) is 40.5 Å². The van der Waals surface area contributed by atoms with Gasteiger partial charge in [0, 0.05) is 36.3 Å². The van der Waals surface area contributed by atoms with Gasteiger partial charge in [-0.3, -0.25) is 0 Å². The molecule has 1 N–H and O–H groups in total. The van der Waals surface area contributed by atoms with Crippen molar-refractivity contribution in [2.24, 2.45) is 0 Å². The van der Waals surface area contributed by atoms with Gasteiger partial charge in [-0.2, -0.15) is 13.2 Å². The predicted molar refractivity (Wildman–Crippen MR) is 93.3 cm³/mol. The highest BCUT2D eigenvalue weighted by atomic mass is 79.9. The Kier molecular flexibility index (Phi) is 5.58. The van der Waals surface area contributed by atoms with E-state index in [-0.39, 0.29) is 12.0 Å². The van der Waals surface area contributed by atoms with Crippen LogP contribution in [0.15, 0.2) is 41.0 Å². The van der Waals surface area contributed by atoms with E-state index in [0.29, 0.717) is 0 Å². The number of anilines is 1. The van der Waals surface area contributed by atoms with E-state index in [1.807, 2.05) is 12.1 Å². The van der Waals surface area contributed by atoms with Crippen molar-refractivity contribution < 1.29 is 13.2 Å². The Morgan fingerprint density at radius 3 is 2.68 bits per heavy atom. The van der Waals surface area contributed by atoms with Crippen LogP contribution in [0.3, 0.4) is 0 Å². The number of benzene rings is 1. The van der Waals surface area contributed by atoms with Gasteiger partial charge in [-0.15, -0.1) is 0 Å². The number of nitrogens with one attached hydrogen (secondary N) is 1. The summed E-state index contributed by atoms with van der Waals surface area (Å²) < 4.78 is 39.2. The minimum Gasteiger partial charge on any atom is -0.350 e. The SMILES string of the molecule is FC(F)(F)c1ccnc(NC2CCN(CCc3ccc(Br)cc3)C2)n1. The summed E-state index contributed by atoms with van der Waals surface area (Å²) in [4.78, 5) is 9.76. The zero-order chi connectivity index (χ0) is 17.9. The molecular weight excluding hydrogens is 397 g/mol. The molecule has 2 aromatic rings. The van der Waals surface area contributed by atoms with Gasteiger partial charge in [0.1, 0.15) is 5.69 Å². The van der Waals surface area contributed by atoms with Crippen LogP contribution in [0, 0.1) is 0 Å². The molecule has 1 aliphatic heterocycles. The first-order valence-corrected chi connectivity index (χ1v) is 8.83. The quantitative estimate of drug-likeness (QED) is 0.802. The summed E-state index contributed by atoms with van der Waals surface area (Å²) in [6.45, 7) is 2.60. The van der Waals surface area contributed by atoms with Crippen LogP contribution in [0.4, 0.5) is 19.1 Å². The van der Waals surface area contributed by atoms with Crippen LogP contribution in [0.25, 0.3) is 0 Å². The Morgan fingerprint density at radius 1 is 1.20 bits per heavy atom. The molecule has 0 bridgehead atoms. The van der Waals surface area contributed by atoms with Gasteiger partial charge < -0.3 is 10.2 Å². The van der Waals surface area contributed by atoms with E-state index >= 15 is 0 Å². The predicted octanol–water partition coefficient (Wildman–Crippen LogP) is 3.99. The smallest absolute Gasteiger partial charge is 0.350 e.